The summed E-state index contributed by atoms with van der Waals surface area (Å²) in [5.74, 6) is -0.979. The van der Waals surface area contributed by atoms with Crippen LogP contribution in [-0.2, 0) is 28.6 Å². The summed E-state index contributed by atoms with van der Waals surface area (Å²) in [6.45, 7) is 6.24. The number of hydrogen-bond acceptors (Lipinski definition) is 6. The molecule has 0 saturated heterocycles. The van der Waals surface area contributed by atoms with Gasteiger partial charge in [0.2, 0.25) is 0 Å². The molecule has 446 valence electrons. The van der Waals surface area contributed by atoms with Gasteiger partial charge in [-0.25, -0.2) is 0 Å². The molecule has 0 aromatic carbocycles. The highest BCUT2D eigenvalue weighted by atomic mass is 16.6. The van der Waals surface area contributed by atoms with Crippen molar-refractivity contribution in [2.75, 3.05) is 13.2 Å². The van der Waals surface area contributed by atoms with Gasteiger partial charge in [-0.15, -0.1) is 0 Å². The van der Waals surface area contributed by atoms with Crippen LogP contribution in [0.3, 0.4) is 0 Å². The molecule has 79 heavy (non-hydrogen) atoms. The van der Waals surface area contributed by atoms with Crippen molar-refractivity contribution in [3.63, 3.8) is 0 Å². The lowest BCUT2D eigenvalue weighted by Crippen LogP contribution is -2.30. The highest BCUT2D eigenvalue weighted by Gasteiger charge is 2.19. The predicted molar refractivity (Wildman–Crippen MR) is 343 cm³/mol. The molecule has 0 heterocycles. The van der Waals surface area contributed by atoms with E-state index in [1.54, 1.807) is 0 Å². The highest BCUT2D eigenvalue weighted by Crippen LogP contribution is 2.16. The second kappa shape index (κ2) is 65.8. The zero-order valence-electron chi connectivity index (χ0n) is 51.1. The van der Waals surface area contributed by atoms with Gasteiger partial charge in [-0.05, 0) is 135 Å². The van der Waals surface area contributed by atoms with Gasteiger partial charge in [0.25, 0.3) is 0 Å². The van der Waals surface area contributed by atoms with E-state index in [1.807, 2.05) is 0 Å². The Hall–Kier alpha value is -4.71. The van der Waals surface area contributed by atoms with E-state index in [4.69, 9.17) is 14.2 Å². The Morgan fingerprint density at radius 1 is 0.253 bits per heavy atom. The van der Waals surface area contributed by atoms with E-state index in [0.717, 1.165) is 135 Å². The second-order valence-electron chi connectivity index (χ2n) is 20.9. The molecular weight excluding hydrogens is 973 g/mol. The summed E-state index contributed by atoms with van der Waals surface area (Å²) in [7, 11) is 0. The van der Waals surface area contributed by atoms with E-state index in [-0.39, 0.29) is 37.5 Å². The third kappa shape index (κ3) is 64.0. The molecule has 0 aromatic heterocycles. The molecular formula is C73H118O6. The van der Waals surface area contributed by atoms with Crippen molar-refractivity contribution < 1.29 is 28.6 Å². The quantitative estimate of drug-likeness (QED) is 0.0261. The highest BCUT2D eigenvalue weighted by molar-refractivity contribution is 5.71. The lowest BCUT2D eigenvalue weighted by molar-refractivity contribution is -0.167. The minimum Gasteiger partial charge on any atom is -0.462 e. The molecule has 1 unspecified atom stereocenters. The third-order valence-electron chi connectivity index (χ3n) is 13.3. The summed E-state index contributed by atoms with van der Waals surface area (Å²) in [6.07, 6.45) is 94.5. The number of carbonyl (C=O) groups excluding carboxylic acids is 3. The Labute approximate surface area is 487 Å². The van der Waals surface area contributed by atoms with Crippen LogP contribution in [0.25, 0.3) is 0 Å². The van der Waals surface area contributed by atoms with Crippen molar-refractivity contribution in [2.45, 2.75) is 284 Å². The van der Waals surface area contributed by atoms with Crippen LogP contribution in [0.15, 0.2) is 146 Å². The molecule has 0 aliphatic rings. The normalized spacial score (nSPS) is 13.1. The summed E-state index contributed by atoms with van der Waals surface area (Å²) >= 11 is 0. The van der Waals surface area contributed by atoms with Crippen LogP contribution in [-0.4, -0.2) is 37.2 Å². The molecule has 1 atom stereocenters. The van der Waals surface area contributed by atoms with Crippen molar-refractivity contribution in [2.24, 2.45) is 0 Å². The van der Waals surface area contributed by atoms with Crippen LogP contribution in [0.2, 0.25) is 0 Å². The first-order chi connectivity index (χ1) is 39.0. The molecule has 0 aliphatic carbocycles. The van der Waals surface area contributed by atoms with Crippen molar-refractivity contribution in [1.82, 2.24) is 0 Å². The van der Waals surface area contributed by atoms with Crippen LogP contribution < -0.4 is 0 Å². The van der Waals surface area contributed by atoms with Gasteiger partial charge >= 0.3 is 17.9 Å². The number of unbranched alkanes of at least 4 members (excludes halogenated alkanes) is 22. The largest absolute Gasteiger partial charge is 0.462 e. The van der Waals surface area contributed by atoms with E-state index >= 15 is 0 Å². The maximum absolute atomic E-state index is 12.9. The summed E-state index contributed by atoms with van der Waals surface area (Å²) in [4.78, 5) is 38.2. The molecule has 6 heteroatoms. The number of esters is 3. The molecule has 0 spiro atoms. The van der Waals surface area contributed by atoms with Crippen molar-refractivity contribution in [1.29, 1.82) is 0 Å². The fourth-order valence-corrected chi connectivity index (χ4v) is 8.59. The SMILES string of the molecule is CC/C=C\C/C=C\C/C=C\C/C=C\C/C=C\CCCCCCCCCCCCCCCCCCCC(=O)OCC(COC(=O)CCCCC/C=C\C/C=C\C/C=C\CC)OC(=O)CCCC/C=C\C/C=C\C/C=C\C/C=C\CC. The average molecular weight is 1090 g/mol. The van der Waals surface area contributed by atoms with Gasteiger partial charge in [0, 0.05) is 19.3 Å². The van der Waals surface area contributed by atoms with Crippen LogP contribution in [0.1, 0.15) is 278 Å². The fourth-order valence-electron chi connectivity index (χ4n) is 8.59. The monoisotopic (exact) mass is 1090 g/mol. The zero-order chi connectivity index (χ0) is 57.1. The van der Waals surface area contributed by atoms with E-state index in [9.17, 15) is 14.4 Å². The second-order valence-corrected chi connectivity index (χ2v) is 20.9. The van der Waals surface area contributed by atoms with Crippen molar-refractivity contribution >= 4 is 17.9 Å². The standard InChI is InChI=1S/C73H118O6/c1-4-7-10-13-16-19-22-25-27-28-29-30-31-32-33-34-35-36-37-38-39-40-41-42-43-44-46-48-51-54-57-60-63-66-72(75)78-69-70(68-77-71(74)65-62-59-56-53-50-47-24-21-18-15-12-9-6-3)79-73(76)67-64-61-58-55-52-49-45-26-23-20-17-14-11-8-5-2/h7-12,16-21,25-27,29-30,32-33,45,47,50,52,55,70H,4-6,13-15,22-24,28,31,34-44,46,48-49,51,53-54,56-69H2,1-3H3/b10-7-,11-8-,12-9-,19-16-,20-17-,21-18-,27-25-,30-29-,33-32-,45-26-,50-47-,55-52-. The Balaban J connectivity index is 4.22. The number of rotatable bonds is 57. The van der Waals surface area contributed by atoms with Gasteiger partial charge in [-0.1, -0.05) is 269 Å². The van der Waals surface area contributed by atoms with Crippen molar-refractivity contribution in [3.8, 4) is 0 Å². The summed E-state index contributed by atoms with van der Waals surface area (Å²) in [6, 6.07) is 0. The molecule has 0 radical (unpaired) electrons. The third-order valence-corrected chi connectivity index (χ3v) is 13.3. The molecule has 0 bridgehead atoms. The Morgan fingerprint density at radius 3 is 0.747 bits per heavy atom. The van der Waals surface area contributed by atoms with E-state index in [0.29, 0.717) is 19.3 Å². The van der Waals surface area contributed by atoms with E-state index in [1.165, 1.54) is 96.3 Å². The zero-order valence-corrected chi connectivity index (χ0v) is 51.1. The van der Waals surface area contributed by atoms with Gasteiger partial charge in [-0.2, -0.15) is 0 Å². The van der Waals surface area contributed by atoms with Gasteiger partial charge in [0.05, 0.1) is 0 Å². The predicted octanol–water partition coefficient (Wildman–Crippen LogP) is 22.3. The van der Waals surface area contributed by atoms with Crippen LogP contribution >= 0.6 is 0 Å². The van der Waals surface area contributed by atoms with Crippen molar-refractivity contribution in [3.05, 3.63) is 146 Å². The van der Waals surface area contributed by atoms with Crippen LogP contribution in [0, 0.1) is 0 Å². The Kier molecular flexibility index (Phi) is 61.9. The molecule has 0 N–H and O–H groups in total. The van der Waals surface area contributed by atoms with Crippen LogP contribution in [0.5, 0.6) is 0 Å². The molecule has 0 rings (SSSR count). The molecule has 0 aromatic rings. The number of allylic oxidation sites excluding steroid dienone is 24. The molecule has 0 fully saturated rings. The molecule has 0 amide bonds. The minimum atomic E-state index is -0.816. The maximum atomic E-state index is 12.9. The number of carbonyl (C=O) groups is 3. The Bertz CT molecular complexity index is 1730. The molecule has 0 aliphatic heterocycles. The maximum Gasteiger partial charge on any atom is 0.306 e. The van der Waals surface area contributed by atoms with Gasteiger partial charge in [0.15, 0.2) is 6.10 Å². The first-order valence-electron chi connectivity index (χ1n) is 32.3. The van der Waals surface area contributed by atoms with E-state index < -0.39 is 6.10 Å². The first-order valence-corrected chi connectivity index (χ1v) is 32.3. The average Bonchev–Trinajstić information content (AvgIpc) is 3.45. The van der Waals surface area contributed by atoms with Gasteiger partial charge in [0.1, 0.15) is 13.2 Å². The first kappa shape index (κ1) is 74.3. The number of ether oxygens (including phenoxy) is 3. The van der Waals surface area contributed by atoms with Crippen LogP contribution in [0.4, 0.5) is 0 Å². The smallest absolute Gasteiger partial charge is 0.306 e. The van der Waals surface area contributed by atoms with Gasteiger partial charge < -0.3 is 14.2 Å². The van der Waals surface area contributed by atoms with Gasteiger partial charge in [-0.3, -0.25) is 14.4 Å². The lowest BCUT2D eigenvalue weighted by Gasteiger charge is -2.18. The minimum absolute atomic E-state index is 0.107. The van der Waals surface area contributed by atoms with E-state index in [2.05, 4.69) is 167 Å². The topological polar surface area (TPSA) is 78.9 Å². The molecule has 0 saturated carbocycles. The Morgan fingerprint density at radius 2 is 0.456 bits per heavy atom. The summed E-state index contributed by atoms with van der Waals surface area (Å²) in [5.41, 5.74) is 0. The molecule has 6 nitrogen and oxygen atoms in total. The summed E-state index contributed by atoms with van der Waals surface area (Å²) < 4.78 is 16.8. The summed E-state index contributed by atoms with van der Waals surface area (Å²) in [5, 5.41) is 0. The number of hydrogen-bond donors (Lipinski definition) is 0. The lowest BCUT2D eigenvalue weighted by atomic mass is 10.0. The fraction of sp³-hybridized carbons (Fsp3) is 0.630.